The molecule has 6 heteroatoms. The Balaban J connectivity index is 1.99. The first kappa shape index (κ1) is 11.8. The number of aromatic nitrogens is 2. The second-order valence-electron chi connectivity index (χ2n) is 3.25. The highest BCUT2D eigenvalue weighted by molar-refractivity contribution is 7.98. The van der Waals surface area contributed by atoms with Gasteiger partial charge in [0.2, 0.25) is 0 Å². The number of benzene rings is 1. The molecular formula is C11H11FN4S. The van der Waals surface area contributed by atoms with Crippen LogP contribution < -0.4 is 11.3 Å². The van der Waals surface area contributed by atoms with Crippen molar-refractivity contribution in [2.75, 3.05) is 5.43 Å². The van der Waals surface area contributed by atoms with Gasteiger partial charge in [0, 0.05) is 17.2 Å². The summed E-state index contributed by atoms with van der Waals surface area (Å²) in [5.74, 6) is 6.88. The summed E-state index contributed by atoms with van der Waals surface area (Å²) in [6.45, 7) is 0. The maximum Gasteiger partial charge on any atom is 0.143 e. The number of halogens is 1. The largest absolute Gasteiger partial charge is 0.308 e. The lowest BCUT2D eigenvalue weighted by Gasteiger charge is -2.03. The van der Waals surface area contributed by atoms with Gasteiger partial charge in [0.25, 0.3) is 0 Å². The zero-order valence-electron chi connectivity index (χ0n) is 8.93. The molecule has 0 radical (unpaired) electrons. The fourth-order valence-corrected chi connectivity index (χ4v) is 1.99. The van der Waals surface area contributed by atoms with E-state index in [4.69, 9.17) is 5.84 Å². The molecule has 4 nitrogen and oxygen atoms in total. The Kier molecular flexibility index (Phi) is 3.89. The summed E-state index contributed by atoms with van der Waals surface area (Å²) in [6.07, 6.45) is 1.64. The minimum Gasteiger partial charge on any atom is -0.308 e. The van der Waals surface area contributed by atoms with Crippen LogP contribution in [0.25, 0.3) is 0 Å². The molecule has 0 fully saturated rings. The normalized spacial score (nSPS) is 10.2. The summed E-state index contributed by atoms with van der Waals surface area (Å²) in [6, 6.07) is 8.00. The van der Waals surface area contributed by atoms with Gasteiger partial charge in [0.1, 0.15) is 17.5 Å². The van der Waals surface area contributed by atoms with Gasteiger partial charge in [-0.25, -0.2) is 20.2 Å². The molecule has 2 aromatic rings. The molecule has 0 saturated carbocycles. The molecular weight excluding hydrogens is 239 g/mol. The van der Waals surface area contributed by atoms with Crippen LogP contribution in [0.15, 0.2) is 41.4 Å². The zero-order valence-corrected chi connectivity index (χ0v) is 9.75. The monoisotopic (exact) mass is 250 g/mol. The van der Waals surface area contributed by atoms with Gasteiger partial charge in [-0.2, -0.15) is 0 Å². The number of nitrogens with zero attached hydrogens (tertiary/aromatic N) is 2. The summed E-state index contributed by atoms with van der Waals surface area (Å²) in [5, 5.41) is 0. The Morgan fingerprint density at radius 3 is 2.71 bits per heavy atom. The third-order valence-electron chi connectivity index (χ3n) is 2.03. The van der Waals surface area contributed by atoms with E-state index in [1.54, 1.807) is 36.2 Å². The van der Waals surface area contributed by atoms with Gasteiger partial charge < -0.3 is 5.43 Å². The van der Waals surface area contributed by atoms with Crippen LogP contribution in [0, 0.1) is 5.82 Å². The third kappa shape index (κ3) is 3.40. The summed E-state index contributed by atoms with van der Waals surface area (Å²) >= 11 is 1.54. The lowest BCUT2D eigenvalue weighted by molar-refractivity contribution is 0.626. The molecule has 1 aromatic heterocycles. The van der Waals surface area contributed by atoms with Crippen LogP contribution in [-0.2, 0) is 5.75 Å². The Hall–Kier alpha value is -1.66. The third-order valence-corrected chi connectivity index (χ3v) is 3.04. The van der Waals surface area contributed by atoms with E-state index in [-0.39, 0.29) is 5.82 Å². The number of hydrazine groups is 1. The predicted octanol–water partition coefficient (Wildman–Crippen LogP) is 2.19. The lowest BCUT2D eigenvalue weighted by Crippen LogP contribution is -2.09. The molecule has 0 aliphatic rings. The Bertz CT molecular complexity index is 489. The Morgan fingerprint density at radius 2 is 2.00 bits per heavy atom. The van der Waals surface area contributed by atoms with E-state index in [2.05, 4.69) is 15.4 Å². The smallest absolute Gasteiger partial charge is 0.143 e. The van der Waals surface area contributed by atoms with Crippen LogP contribution in [-0.4, -0.2) is 9.97 Å². The number of hydrogen-bond donors (Lipinski definition) is 2. The van der Waals surface area contributed by atoms with Crippen molar-refractivity contribution in [3.63, 3.8) is 0 Å². The van der Waals surface area contributed by atoms with Crippen molar-refractivity contribution >= 4 is 17.6 Å². The van der Waals surface area contributed by atoms with E-state index in [1.165, 1.54) is 12.1 Å². The highest BCUT2D eigenvalue weighted by atomic mass is 32.2. The first-order chi connectivity index (χ1) is 8.28. The Morgan fingerprint density at radius 1 is 1.24 bits per heavy atom. The molecule has 0 unspecified atom stereocenters. The van der Waals surface area contributed by atoms with Crippen molar-refractivity contribution in [1.82, 2.24) is 9.97 Å². The highest BCUT2D eigenvalue weighted by Gasteiger charge is 2.00. The van der Waals surface area contributed by atoms with Gasteiger partial charge >= 0.3 is 0 Å². The van der Waals surface area contributed by atoms with Gasteiger partial charge in [-0.3, -0.25) is 0 Å². The van der Waals surface area contributed by atoms with Crippen LogP contribution in [0.3, 0.4) is 0 Å². The van der Waals surface area contributed by atoms with Crippen molar-refractivity contribution in [2.24, 2.45) is 5.84 Å². The molecule has 17 heavy (non-hydrogen) atoms. The maximum atomic E-state index is 12.7. The van der Waals surface area contributed by atoms with Crippen molar-refractivity contribution in [1.29, 1.82) is 0 Å². The van der Waals surface area contributed by atoms with Crippen molar-refractivity contribution in [3.05, 3.63) is 48.2 Å². The summed E-state index contributed by atoms with van der Waals surface area (Å²) in [4.78, 5) is 9.27. The van der Waals surface area contributed by atoms with Crippen molar-refractivity contribution in [2.45, 2.75) is 10.6 Å². The number of rotatable bonds is 4. The van der Waals surface area contributed by atoms with Gasteiger partial charge in [0.05, 0.1) is 5.75 Å². The lowest BCUT2D eigenvalue weighted by atomic mass is 10.4. The first-order valence-corrected chi connectivity index (χ1v) is 5.93. The molecule has 0 bridgehead atoms. The molecule has 0 aliphatic heterocycles. The molecule has 3 N–H and O–H groups in total. The summed E-state index contributed by atoms with van der Waals surface area (Å²) < 4.78 is 12.7. The molecule has 2 rings (SSSR count). The summed E-state index contributed by atoms with van der Waals surface area (Å²) in [7, 11) is 0. The van der Waals surface area contributed by atoms with E-state index >= 15 is 0 Å². The van der Waals surface area contributed by atoms with Crippen LogP contribution in [0.5, 0.6) is 0 Å². The van der Waals surface area contributed by atoms with Crippen LogP contribution >= 0.6 is 11.8 Å². The molecule has 0 saturated heterocycles. The van der Waals surface area contributed by atoms with Gasteiger partial charge in [-0.1, -0.05) is 0 Å². The predicted molar refractivity (Wildman–Crippen MR) is 65.8 cm³/mol. The molecule has 0 aliphatic carbocycles. The van der Waals surface area contributed by atoms with Gasteiger partial charge in [0.15, 0.2) is 0 Å². The molecule has 1 aromatic carbocycles. The number of nitrogen functional groups attached to an aromatic ring is 1. The Labute approximate surface area is 102 Å². The van der Waals surface area contributed by atoms with Crippen LogP contribution in [0.2, 0.25) is 0 Å². The minimum absolute atomic E-state index is 0.236. The van der Waals surface area contributed by atoms with Crippen molar-refractivity contribution < 1.29 is 4.39 Å². The number of anilines is 1. The fourth-order valence-electron chi connectivity index (χ4n) is 1.23. The molecule has 0 atom stereocenters. The van der Waals surface area contributed by atoms with Crippen LogP contribution in [0.4, 0.5) is 10.2 Å². The number of nitrogens with two attached hydrogens (primary N) is 1. The van der Waals surface area contributed by atoms with E-state index in [1.807, 2.05) is 0 Å². The average molecular weight is 250 g/mol. The zero-order chi connectivity index (χ0) is 12.1. The van der Waals surface area contributed by atoms with Crippen molar-refractivity contribution in [3.8, 4) is 0 Å². The van der Waals surface area contributed by atoms with E-state index in [0.717, 1.165) is 4.90 Å². The minimum atomic E-state index is -0.236. The van der Waals surface area contributed by atoms with E-state index < -0.39 is 0 Å². The average Bonchev–Trinajstić information content (AvgIpc) is 2.38. The SMILES string of the molecule is NNc1ccnc(CSc2ccc(F)cc2)n1. The number of nitrogens with one attached hydrogen (secondary N) is 1. The number of hydrogen-bond acceptors (Lipinski definition) is 5. The molecule has 0 spiro atoms. The molecule has 88 valence electrons. The topological polar surface area (TPSA) is 63.8 Å². The van der Waals surface area contributed by atoms with Gasteiger partial charge in [-0.05, 0) is 24.3 Å². The number of thioether (sulfide) groups is 1. The van der Waals surface area contributed by atoms with E-state index in [9.17, 15) is 4.39 Å². The standard InChI is InChI=1S/C11H11FN4S/c12-8-1-3-9(4-2-8)17-7-11-14-6-5-10(15-11)16-13/h1-6H,7,13H2,(H,14,15,16). The quantitative estimate of drug-likeness (QED) is 0.495. The maximum absolute atomic E-state index is 12.7. The van der Waals surface area contributed by atoms with Crippen LogP contribution in [0.1, 0.15) is 5.82 Å². The first-order valence-electron chi connectivity index (χ1n) is 4.95. The second-order valence-corrected chi connectivity index (χ2v) is 4.29. The second kappa shape index (κ2) is 5.60. The summed E-state index contributed by atoms with van der Waals surface area (Å²) in [5.41, 5.74) is 2.46. The highest BCUT2D eigenvalue weighted by Crippen LogP contribution is 2.21. The van der Waals surface area contributed by atoms with E-state index in [0.29, 0.717) is 17.4 Å². The fraction of sp³-hybridized carbons (Fsp3) is 0.0909. The van der Waals surface area contributed by atoms with Gasteiger partial charge in [-0.15, -0.1) is 11.8 Å². The molecule has 0 amide bonds. The molecule has 1 heterocycles.